The fourth-order valence-electron chi connectivity index (χ4n) is 3.37. The van der Waals surface area contributed by atoms with E-state index in [1.54, 1.807) is 48.5 Å². The lowest BCUT2D eigenvalue weighted by Gasteiger charge is -2.26. The number of benzene rings is 3. The summed E-state index contributed by atoms with van der Waals surface area (Å²) < 4.78 is 11.3. The highest BCUT2D eigenvalue weighted by Gasteiger charge is 2.36. The van der Waals surface area contributed by atoms with Gasteiger partial charge < -0.3 is 9.47 Å². The fraction of sp³-hybridized carbons (Fsp3) is 0.148. The van der Waals surface area contributed by atoms with Gasteiger partial charge >= 0.3 is 6.03 Å². The van der Waals surface area contributed by atoms with Crippen LogP contribution < -0.4 is 19.7 Å². The molecule has 0 aliphatic carbocycles. The minimum Gasteiger partial charge on any atom is -0.494 e. The molecule has 1 fully saturated rings. The summed E-state index contributed by atoms with van der Waals surface area (Å²) in [6.07, 6.45) is 2.32. The van der Waals surface area contributed by atoms with Crippen LogP contribution in [0.5, 0.6) is 11.5 Å². The predicted molar refractivity (Wildman–Crippen MR) is 128 cm³/mol. The first-order chi connectivity index (χ1) is 16.5. The van der Waals surface area contributed by atoms with Crippen molar-refractivity contribution in [2.45, 2.75) is 20.0 Å². The number of nitrogens with zero attached hydrogens (tertiary/aromatic N) is 1. The summed E-state index contributed by atoms with van der Waals surface area (Å²) in [5.74, 6) is -0.136. The van der Waals surface area contributed by atoms with Gasteiger partial charge in [-0.3, -0.25) is 14.9 Å². The van der Waals surface area contributed by atoms with Crippen molar-refractivity contribution in [3.63, 3.8) is 0 Å². The molecule has 7 nitrogen and oxygen atoms in total. The molecule has 4 rings (SSSR count). The van der Waals surface area contributed by atoms with Gasteiger partial charge in [-0.15, -0.1) is 0 Å². The predicted octanol–water partition coefficient (Wildman–Crippen LogP) is 4.72. The second-order valence-corrected chi connectivity index (χ2v) is 7.64. The third kappa shape index (κ3) is 5.32. The van der Waals surface area contributed by atoms with Crippen LogP contribution in [0.15, 0.2) is 84.4 Å². The van der Waals surface area contributed by atoms with Crippen molar-refractivity contribution in [1.82, 2.24) is 5.32 Å². The minimum atomic E-state index is -0.793. The van der Waals surface area contributed by atoms with Crippen LogP contribution in [0.4, 0.5) is 10.5 Å². The number of urea groups is 1. The first-order valence-electron chi connectivity index (χ1n) is 11.0. The number of rotatable bonds is 8. The third-order valence-corrected chi connectivity index (χ3v) is 5.11. The molecule has 7 heteroatoms. The second-order valence-electron chi connectivity index (χ2n) is 7.64. The van der Waals surface area contributed by atoms with Crippen LogP contribution in [-0.4, -0.2) is 24.5 Å². The molecule has 0 bridgehead atoms. The van der Waals surface area contributed by atoms with E-state index in [9.17, 15) is 14.4 Å². The topological polar surface area (TPSA) is 84.9 Å². The van der Waals surface area contributed by atoms with E-state index < -0.39 is 17.8 Å². The summed E-state index contributed by atoms with van der Waals surface area (Å²) >= 11 is 0. The summed E-state index contributed by atoms with van der Waals surface area (Å²) in [5.41, 5.74) is 1.88. The lowest BCUT2D eigenvalue weighted by Crippen LogP contribution is -2.54. The highest BCUT2D eigenvalue weighted by molar-refractivity contribution is 6.39. The Bertz CT molecular complexity index is 1200. The van der Waals surface area contributed by atoms with E-state index in [2.05, 4.69) is 5.32 Å². The molecular formula is C27H24N2O5. The maximum Gasteiger partial charge on any atom is 0.335 e. The summed E-state index contributed by atoms with van der Waals surface area (Å²) in [7, 11) is 0. The van der Waals surface area contributed by atoms with Crippen LogP contribution in [0.1, 0.15) is 24.5 Å². The zero-order valence-electron chi connectivity index (χ0n) is 18.7. The number of carbonyl (C=O) groups is 3. The Morgan fingerprint density at radius 1 is 0.824 bits per heavy atom. The van der Waals surface area contributed by atoms with E-state index in [0.717, 1.165) is 16.9 Å². The quantitative estimate of drug-likeness (QED) is 0.392. The third-order valence-electron chi connectivity index (χ3n) is 5.11. The van der Waals surface area contributed by atoms with E-state index in [1.807, 2.05) is 37.3 Å². The van der Waals surface area contributed by atoms with E-state index >= 15 is 0 Å². The Kier molecular flexibility index (Phi) is 7.03. The Labute approximate surface area is 197 Å². The zero-order valence-corrected chi connectivity index (χ0v) is 18.7. The van der Waals surface area contributed by atoms with Crippen LogP contribution in [0, 0.1) is 0 Å². The molecule has 0 unspecified atom stereocenters. The van der Waals surface area contributed by atoms with Gasteiger partial charge in [0.15, 0.2) is 0 Å². The van der Waals surface area contributed by atoms with Gasteiger partial charge in [-0.05, 0) is 60.0 Å². The average Bonchev–Trinajstić information content (AvgIpc) is 2.86. The van der Waals surface area contributed by atoms with Crippen molar-refractivity contribution in [1.29, 1.82) is 0 Å². The van der Waals surface area contributed by atoms with Gasteiger partial charge in [-0.2, -0.15) is 0 Å². The monoisotopic (exact) mass is 456 g/mol. The molecule has 1 saturated heterocycles. The minimum absolute atomic E-state index is 0.135. The fourth-order valence-corrected chi connectivity index (χ4v) is 3.37. The van der Waals surface area contributed by atoms with E-state index in [0.29, 0.717) is 36.0 Å². The van der Waals surface area contributed by atoms with Crippen LogP contribution in [0.2, 0.25) is 0 Å². The van der Waals surface area contributed by atoms with Gasteiger partial charge in [0.05, 0.1) is 12.3 Å². The van der Waals surface area contributed by atoms with E-state index in [4.69, 9.17) is 9.47 Å². The maximum atomic E-state index is 13.1. The Hall–Kier alpha value is -4.39. The van der Waals surface area contributed by atoms with Crippen molar-refractivity contribution in [2.75, 3.05) is 11.5 Å². The summed E-state index contributed by atoms with van der Waals surface area (Å²) in [6, 6.07) is 22.6. The summed E-state index contributed by atoms with van der Waals surface area (Å²) in [6.45, 7) is 3.00. The standard InChI is InChI=1S/C27H24N2O5/c1-2-16-33-22-14-10-21(11-15-22)29-26(31)24(25(30)28-27(29)32)17-19-8-12-23(13-9-19)34-18-20-6-4-3-5-7-20/h3-15,17H,2,16,18H2,1H3,(H,28,30,32)/b24-17-. The number of carbonyl (C=O) groups excluding carboxylic acids is 3. The van der Waals surface area contributed by atoms with Crippen molar-refractivity contribution in [2.24, 2.45) is 0 Å². The van der Waals surface area contributed by atoms with E-state index in [1.165, 1.54) is 6.08 Å². The smallest absolute Gasteiger partial charge is 0.335 e. The molecule has 0 radical (unpaired) electrons. The van der Waals surface area contributed by atoms with Crippen molar-refractivity contribution in [3.8, 4) is 11.5 Å². The number of nitrogens with one attached hydrogen (secondary N) is 1. The van der Waals surface area contributed by atoms with Gasteiger partial charge in [0.25, 0.3) is 11.8 Å². The van der Waals surface area contributed by atoms with E-state index in [-0.39, 0.29) is 5.57 Å². The second kappa shape index (κ2) is 10.5. The highest BCUT2D eigenvalue weighted by atomic mass is 16.5. The van der Waals surface area contributed by atoms with Gasteiger partial charge in [0.1, 0.15) is 23.7 Å². The van der Waals surface area contributed by atoms with Crippen molar-refractivity contribution in [3.05, 3.63) is 95.6 Å². The molecule has 1 aliphatic heterocycles. The van der Waals surface area contributed by atoms with Crippen molar-refractivity contribution < 1.29 is 23.9 Å². The van der Waals surface area contributed by atoms with Gasteiger partial charge in [0, 0.05) is 0 Å². The Morgan fingerprint density at radius 2 is 1.47 bits per heavy atom. The molecule has 1 heterocycles. The van der Waals surface area contributed by atoms with Crippen LogP contribution in [0.25, 0.3) is 6.08 Å². The van der Waals surface area contributed by atoms with Crippen LogP contribution >= 0.6 is 0 Å². The lowest BCUT2D eigenvalue weighted by molar-refractivity contribution is -0.122. The van der Waals surface area contributed by atoms with Gasteiger partial charge in [-0.25, -0.2) is 9.69 Å². The number of amides is 4. The molecule has 1 N–H and O–H groups in total. The average molecular weight is 456 g/mol. The maximum absolute atomic E-state index is 13.1. The molecule has 34 heavy (non-hydrogen) atoms. The highest BCUT2D eigenvalue weighted by Crippen LogP contribution is 2.25. The summed E-state index contributed by atoms with van der Waals surface area (Å²) in [5, 5.41) is 2.23. The molecule has 3 aromatic carbocycles. The molecule has 0 spiro atoms. The molecule has 0 atom stereocenters. The van der Waals surface area contributed by atoms with Crippen LogP contribution in [0.3, 0.4) is 0 Å². The lowest BCUT2D eigenvalue weighted by atomic mass is 10.1. The first kappa shape index (κ1) is 22.8. The number of imide groups is 2. The molecule has 0 saturated carbocycles. The normalized spacial score (nSPS) is 14.8. The Morgan fingerprint density at radius 3 is 2.15 bits per heavy atom. The van der Waals surface area contributed by atoms with Gasteiger partial charge in [0.2, 0.25) is 0 Å². The summed E-state index contributed by atoms with van der Waals surface area (Å²) in [4.78, 5) is 38.8. The zero-order chi connectivity index (χ0) is 23.9. The SMILES string of the molecule is CCCOc1ccc(N2C(=O)NC(=O)/C(=C/c3ccc(OCc4ccccc4)cc3)C2=O)cc1. The molecule has 0 aromatic heterocycles. The number of anilines is 1. The molecule has 1 aliphatic rings. The first-order valence-corrected chi connectivity index (χ1v) is 11.0. The number of hydrogen-bond donors (Lipinski definition) is 1. The van der Waals surface area contributed by atoms with Crippen LogP contribution in [-0.2, 0) is 16.2 Å². The number of barbiturate groups is 1. The van der Waals surface area contributed by atoms with Gasteiger partial charge in [-0.1, -0.05) is 49.4 Å². The Balaban J connectivity index is 1.49. The molecule has 172 valence electrons. The number of hydrogen-bond acceptors (Lipinski definition) is 5. The molecule has 4 amide bonds. The largest absolute Gasteiger partial charge is 0.494 e. The number of ether oxygens (including phenoxy) is 2. The molecular weight excluding hydrogens is 432 g/mol. The van der Waals surface area contributed by atoms with Crippen molar-refractivity contribution >= 4 is 29.6 Å². The molecule has 3 aromatic rings.